The molecule has 0 aliphatic heterocycles. The van der Waals surface area contributed by atoms with Crippen molar-refractivity contribution in [2.45, 2.75) is 33.4 Å². The maximum absolute atomic E-state index is 13.8. The smallest absolute Gasteiger partial charge is 0.348 e. The summed E-state index contributed by atoms with van der Waals surface area (Å²) in [5.74, 6) is -0.218. The van der Waals surface area contributed by atoms with Gasteiger partial charge in [-0.05, 0) is 32.4 Å². The molecule has 2 heterocycles. The van der Waals surface area contributed by atoms with E-state index in [1.165, 1.54) is 6.07 Å². The number of nitrogens with zero attached hydrogens (tertiary/aromatic N) is 1. The van der Waals surface area contributed by atoms with Gasteiger partial charge in [0.1, 0.15) is 28.1 Å². The summed E-state index contributed by atoms with van der Waals surface area (Å²) in [7, 11) is 0. The van der Waals surface area contributed by atoms with Crippen molar-refractivity contribution in [2.24, 2.45) is 0 Å². The average Bonchev–Trinajstić information content (AvgIpc) is 2.98. The number of hydrogen-bond acceptors (Lipinski definition) is 5. The van der Waals surface area contributed by atoms with Gasteiger partial charge in [0, 0.05) is 5.56 Å². The highest BCUT2D eigenvalue weighted by atomic mass is 32.1. The van der Waals surface area contributed by atoms with Gasteiger partial charge < -0.3 is 15.0 Å². The topological polar surface area (TPSA) is 88.7 Å². The number of carbonyl (C=O) groups excluding carboxylic acids is 1. The minimum Gasteiger partial charge on any atom is -0.462 e. The van der Waals surface area contributed by atoms with Crippen LogP contribution in [0, 0.1) is 12.7 Å². The van der Waals surface area contributed by atoms with E-state index in [0.29, 0.717) is 38.6 Å². The number of nitrogens with one attached hydrogen (secondary N) is 1. The number of aromatic amines is 1. The van der Waals surface area contributed by atoms with Crippen LogP contribution in [0.15, 0.2) is 29.1 Å². The van der Waals surface area contributed by atoms with Crippen molar-refractivity contribution in [3.05, 3.63) is 62.3 Å². The molecule has 3 rings (SSSR count). The Morgan fingerprint density at radius 2 is 2.15 bits per heavy atom. The Labute approximate surface area is 159 Å². The van der Waals surface area contributed by atoms with Crippen LogP contribution in [-0.2, 0) is 11.3 Å². The van der Waals surface area contributed by atoms with Gasteiger partial charge in [0.2, 0.25) is 0 Å². The first-order chi connectivity index (χ1) is 12.9. The van der Waals surface area contributed by atoms with Crippen LogP contribution in [-0.4, -0.2) is 22.5 Å². The van der Waals surface area contributed by atoms with Crippen LogP contribution < -0.4 is 10.9 Å². The Kier molecular flexibility index (Phi) is 5.67. The zero-order valence-electron chi connectivity index (χ0n) is 15.3. The van der Waals surface area contributed by atoms with E-state index in [9.17, 15) is 14.0 Å². The standard InChI is InChI=1S/C19H20FN3O3S/c1-4-26-19(25)15-10(2)14-17(24)22-16(23-18(14)27-15)11(3)21-9-12-7-5-6-8-13(12)20/h5-8,11,21H,4,9H2,1-3H3,(H,22,23,24)/p+1/t11-/m0/s1. The van der Waals surface area contributed by atoms with E-state index < -0.39 is 5.97 Å². The number of hydrogen-bond donors (Lipinski definition) is 2. The lowest BCUT2D eigenvalue weighted by atomic mass is 10.2. The number of fused-ring (bicyclic) bond motifs is 1. The van der Waals surface area contributed by atoms with Crippen molar-refractivity contribution in [1.82, 2.24) is 9.97 Å². The Balaban J connectivity index is 1.88. The fourth-order valence-electron chi connectivity index (χ4n) is 2.85. The summed E-state index contributed by atoms with van der Waals surface area (Å²) in [4.78, 5) is 32.8. The molecule has 1 aromatic carbocycles. The zero-order valence-corrected chi connectivity index (χ0v) is 16.2. The van der Waals surface area contributed by atoms with Gasteiger partial charge in [-0.2, -0.15) is 0 Å². The summed E-state index contributed by atoms with van der Waals surface area (Å²) in [6, 6.07) is 6.40. The number of rotatable bonds is 6. The fourth-order valence-corrected chi connectivity index (χ4v) is 3.93. The second-order valence-electron chi connectivity index (χ2n) is 6.23. The molecular formula is C19H21FN3O3S+. The van der Waals surface area contributed by atoms with Crippen molar-refractivity contribution in [3.8, 4) is 0 Å². The molecule has 0 fully saturated rings. The van der Waals surface area contributed by atoms with Crippen molar-refractivity contribution < 1.29 is 19.2 Å². The summed E-state index contributed by atoms with van der Waals surface area (Å²) in [6.07, 6.45) is 0. The van der Waals surface area contributed by atoms with Crippen molar-refractivity contribution in [1.29, 1.82) is 0 Å². The Hall–Kier alpha value is -2.58. The Morgan fingerprint density at radius 1 is 1.41 bits per heavy atom. The molecule has 1 atom stereocenters. The van der Waals surface area contributed by atoms with Crippen LogP contribution in [0.4, 0.5) is 4.39 Å². The minimum atomic E-state index is -0.446. The predicted molar refractivity (Wildman–Crippen MR) is 101 cm³/mol. The molecule has 0 aliphatic rings. The van der Waals surface area contributed by atoms with Crippen LogP contribution in [0.25, 0.3) is 10.2 Å². The van der Waals surface area contributed by atoms with E-state index in [-0.39, 0.29) is 24.0 Å². The number of thiophene rings is 1. The highest BCUT2D eigenvalue weighted by Crippen LogP contribution is 2.28. The molecule has 2 aromatic heterocycles. The summed E-state index contributed by atoms with van der Waals surface area (Å²) >= 11 is 1.16. The lowest BCUT2D eigenvalue weighted by Crippen LogP contribution is -2.83. The van der Waals surface area contributed by atoms with Gasteiger partial charge in [-0.1, -0.05) is 18.2 Å². The van der Waals surface area contributed by atoms with Crippen LogP contribution in [0.2, 0.25) is 0 Å². The number of nitrogens with two attached hydrogens (primary N) is 1. The third-order valence-electron chi connectivity index (χ3n) is 4.36. The normalized spacial score (nSPS) is 12.3. The van der Waals surface area contributed by atoms with E-state index in [4.69, 9.17) is 4.74 Å². The molecular weight excluding hydrogens is 369 g/mol. The lowest BCUT2D eigenvalue weighted by molar-refractivity contribution is -0.709. The monoisotopic (exact) mass is 390 g/mol. The Bertz CT molecular complexity index is 1040. The maximum atomic E-state index is 13.8. The number of halogens is 1. The molecule has 27 heavy (non-hydrogen) atoms. The largest absolute Gasteiger partial charge is 0.462 e. The molecule has 0 bridgehead atoms. The number of aromatic nitrogens is 2. The molecule has 142 valence electrons. The fraction of sp³-hybridized carbons (Fsp3) is 0.316. The number of esters is 1. The van der Waals surface area contributed by atoms with Gasteiger partial charge >= 0.3 is 5.97 Å². The van der Waals surface area contributed by atoms with Gasteiger partial charge in [-0.15, -0.1) is 11.3 Å². The second kappa shape index (κ2) is 7.98. The van der Waals surface area contributed by atoms with Gasteiger partial charge in [0.25, 0.3) is 5.56 Å². The number of benzene rings is 1. The zero-order chi connectivity index (χ0) is 19.6. The first-order valence-corrected chi connectivity index (χ1v) is 9.51. The first kappa shape index (κ1) is 19.2. The average molecular weight is 390 g/mol. The number of quaternary nitrogens is 1. The SMILES string of the molecule is CCOC(=O)c1sc2nc([C@H](C)[NH2+]Cc3ccccc3F)[nH]c(=O)c2c1C. The molecule has 0 radical (unpaired) electrons. The van der Waals surface area contributed by atoms with Gasteiger partial charge in [-0.3, -0.25) is 4.79 Å². The van der Waals surface area contributed by atoms with E-state index in [1.54, 1.807) is 32.0 Å². The van der Waals surface area contributed by atoms with Gasteiger partial charge in [-0.25, -0.2) is 14.2 Å². The van der Waals surface area contributed by atoms with Crippen molar-refractivity contribution in [3.63, 3.8) is 0 Å². The third kappa shape index (κ3) is 3.91. The summed E-state index contributed by atoms with van der Waals surface area (Å²) < 4.78 is 18.8. The molecule has 0 amide bonds. The molecule has 0 spiro atoms. The van der Waals surface area contributed by atoms with Crippen molar-refractivity contribution >= 4 is 27.5 Å². The highest BCUT2D eigenvalue weighted by Gasteiger charge is 2.22. The second-order valence-corrected chi connectivity index (χ2v) is 7.23. The first-order valence-electron chi connectivity index (χ1n) is 8.69. The predicted octanol–water partition coefficient (Wildman–Crippen LogP) is 2.43. The van der Waals surface area contributed by atoms with Crippen LogP contribution in [0.3, 0.4) is 0 Å². The van der Waals surface area contributed by atoms with E-state index in [2.05, 4.69) is 9.97 Å². The third-order valence-corrected chi connectivity index (χ3v) is 5.53. The molecule has 0 saturated carbocycles. The maximum Gasteiger partial charge on any atom is 0.348 e. The minimum absolute atomic E-state index is 0.185. The summed E-state index contributed by atoms with van der Waals surface area (Å²) in [6.45, 7) is 6.03. The molecule has 0 saturated heterocycles. The molecule has 0 unspecified atom stereocenters. The molecule has 3 N–H and O–H groups in total. The lowest BCUT2D eigenvalue weighted by Gasteiger charge is -2.10. The highest BCUT2D eigenvalue weighted by molar-refractivity contribution is 7.20. The Morgan fingerprint density at radius 3 is 2.85 bits per heavy atom. The van der Waals surface area contributed by atoms with Crippen LogP contribution >= 0.6 is 11.3 Å². The van der Waals surface area contributed by atoms with Crippen LogP contribution in [0.1, 0.15) is 46.5 Å². The molecule has 8 heteroatoms. The quantitative estimate of drug-likeness (QED) is 0.633. The van der Waals surface area contributed by atoms with E-state index >= 15 is 0 Å². The number of carbonyl (C=O) groups is 1. The summed E-state index contributed by atoms with van der Waals surface area (Å²) in [5.41, 5.74) is 0.881. The molecule has 3 aromatic rings. The number of ether oxygens (including phenoxy) is 1. The van der Waals surface area contributed by atoms with Gasteiger partial charge in [0.15, 0.2) is 5.82 Å². The summed E-state index contributed by atoms with van der Waals surface area (Å²) in [5, 5.41) is 2.31. The van der Waals surface area contributed by atoms with E-state index in [0.717, 1.165) is 11.3 Å². The number of H-pyrrole nitrogens is 1. The number of aryl methyl sites for hydroxylation is 1. The van der Waals surface area contributed by atoms with Crippen LogP contribution in [0.5, 0.6) is 0 Å². The molecule has 6 nitrogen and oxygen atoms in total. The van der Waals surface area contributed by atoms with Gasteiger partial charge in [0.05, 0.1) is 12.0 Å². The molecule has 0 aliphatic carbocycles. The van der Waals surface area contributed by atoms with Crippen molar-refractivity contribution in [2.75, 3.05) is 6.61 Å². The van der Waals surface area contributed by atoms with E-state index in [1.807, 2.05) is 12.2 Å².